The first-order valence-corrected chi connectivity index (χ1v) is 4.58. The molecule has 1 atom stereocenters. The van der Waals surface area contributed by atoms with Crippen LogP contribution in [0.5, 0.6) is 0 Å². The molecule has 1 rings (SSSR count). The van der Waals surface area contributed by atoms with Crippen molar-refractivity contribution >= 4 is 0 Å². The van der Waals surface area contributed by atoms with Gasteiger partial charge < -0.3 is 9.47 Å². The van der Waals surface area contributed by atoms with Crippen molar-refractivity contribution < 1.29 is 13.9 Å². The first kappa shape index (κ1) is 11.1. The van der Waals surface area contributed by atoms with Crippen molar-refractivity contribution in [3.8, 4) is 0 Å². The summed E-state index contributed by atoms with van der Waals surface area (Å²) in [5.41, 5.74) is 0.677. The van der Waals surface area contributed by atoms with Gasteiger partial charge in [-0.15, -0.1) is 0 Å². The van der Waals surface area contributed by atoms with Crippen LogP contribution < -0.4 is 0 Å². The lowest BCUT2D eigenvalue weighted by Gasteiger charge is -2.12. The highest BCUT2D eigenvalue weighted by Crippen LogP contribution is 2.10. The van der Waals surface area contributed by atoms with Gasteiger partial charge in [-0.25, -0.2) is 4.39 Å². The van der Waals surface area contributed by atoms with Gasteiger partial charge in [0.25, 0.3) is 0 Å². The molecule has 2 nitrogen and oxygen atoms in total. The van der Waals surface area contributed by atoms with Crippen LogP contribution in [0.3, 0.4) is 0 Å². The molecule has 14 heavy (non-hydrogen) atoms. The van der Waals surface area contributed by atoms with Gasteiger partial charge in [-0.2, -0.15) is 0 Å². The fraction of sp³-hybridized carbons (Fsp3) is 0.455. The fourth-order valence-electron chi connectivity index (χ4n) is 1.22. The Kier molecular flexibility index (Phi) is 4.56. The van der Waals surface area contributed by atoms with Crippen molar-refractivity contribution in [1.29, 1.82) is 0 Å². The van der Waals surface area contributed by atoms with Gasteiger partial charge in [-0.05, 0) is 18.6 Å². The van der Waals surface area contributed by atoms with Crippen molar-refractivity contribution in [3.63, 3.8) is 0 Å². The lowest BCUT2D eigenvalue weighted by atomic mass is 10.1. The largest absolute Gasteiger partial charge is 0.359 e. The normalized spacial score (nSPS) is 12.8. The Hall–Kier alpha value is -0.930. The van der Waals surface area contributed by atoms with E-state index >= 15 is 0 Å². The van der Waals surface area contributed by atoms with Crippen LogP contribution in [0.25, 0.3) is 0 Å². The minimum absolute atomic E-state index is 0.0353. The average Bonchev–Trinajstić information content (AvgIpc) is 2.18. The van der Waals surface area contributed by atoms with Crippen molar-refractivity contribution in [3.05, 3.63) is 35.6 Å². The molecule has 0 bridgehead atoms. The molecule has 78 valence electrons. The lowest BCUT2D eigenvalue weighted by Crippen LogP contribution is -2.14. The van der Waals surface area contributed by atoms with Crippen LogP contribution in [0.15, 0.2) is 24.3 Å². The molecular formula is C11H15FO2. The molecule has 3 heteroatoms. The number of rotatable bonds is 5. The van der Waals surface area contributed by atoms with Gasteiger partial charge in [0.15, 0.2) is 0 Å². The molecule has 0 aromatic heterocycles. The SMILES string of the molecule is COCO[C@@H](C)Cc1ccccc1F. The van der Waals surface area contributed by atoms with Gasteiger partial charge in [0, 0.05) is 13.5 Å². The highest BCUT2D eigenvalue weighted by molar-refractivity contribution is 5.17. The van der Waals surface area contributed by atoms with E-state index in [-0.39, 0.29) is 18.7 Å². The lowest BCUT2D eigenvalue weighted by molar-refractivity contribution is -0.0648. The maximum atomic E-state index is 13.2. The minimum Gasteiger partial charge on any atom is -0.359 e. The summed E-state index contributed by atoms with van der Waals surface area (Å²) < 4.78 is 23.2. The third kappa shape index (κ3) is 3.44. The molecule has 0 N–H and O–H groups in total. The molecule has 0 aliphatic carbocycles. The Balaban J connectivity index is 2.47. The molecule has 0 saturated carbocycles. The van der Waals surface area contributed by atoms with E-state index in [0.717, 1.165) is 0 Å². The molecule has 0 radical (unpaired) electrons. The molecule has 0 saturated heterocycles. The summed E-state index contributed by atoms with van der Waals surface area (Å²) in [6.45, 7) is 2.14. The highest BCUT2D eigenvalue weighted by atomic mass is 19.1. The van der Waals surface area contributed by atoms with E-state index in [9.17, 15) is 4.39 Å². The first-order valence-electron chi connectivity index (χ1n) is 4.58. The number of halogens is 1. The maximum Gasteiger partial charge on any atom is 0.146 e. The standard InChI is InChI=1S/C11H15FO2/c1-9(14-8-13-2)7-10-5-3-4-6-11(10)12/h3-6,9H,7-8H2,1-2H3/t9-/m0/s1. The van der Waals surface area contributed by atoms with Crippen LogP contribution in [0.2, 0.25) is 0 Å². The van der Waals surface area contributed by atoms with Crippen molar-refractivity contribution in [1.82, 2.24) is 0 Å². The van der Waals surface area contributed by atoms with Gasteiger partial charge >= 0.3 is 0 Å². The second kappa shape index (κ2) is 5.73. The van der Waals surface area contributed by atoms with E-state index in [4.69, 9.17) is 9.47 Å². The summed E-state index contributed by atoms with van der Waals surface area (Å²) in [4.78, 5) is 0. The van der Waals surface area contributed by atoms with Gasteiger partial charge in [0.05, 0.1) is 6.10 Å². The van der Waals surface area contributed by atoms with Gasteiger partial charge in [0.2, 0.25) is 0 Å². The molecule has 0 aliphatic rings. The predicted octanol–water partition coefficient (Wildman–Crippen LogP) is 2.38. The van der Waals surface area contributed by atoms with E-state index in [2.05, 4.69) is 0 Å². The molecule has 1 aromatic carbocycles. The zero-order valence-electron chi connectivity index (χ0n) is 8.50. The third-order valence-electron chi connectivity index (χ3n) is 1.94. The van der Waals surface area contributed by atoms with Crippen LogP contribution in [0.4, 0.5) is 4.39 Å². The Labute approximate surface area is 83.6 Å². The quantitative estimate of drug-likeness (QED) is 0.676. The Morgan fingerprint density at radius 3 is 2.71 bits per heavy atom. The van der Waals surface area contributed by atoms with Crippen molar-refractivity contribution in [2.24, 2.45) is 0 Å². The maximum absolute atomic E-state index is 13.2. The number of ether oxygens (including phenoxy) is 2. The second-order valence-corrected chi connectivity index (χ2v) is 3.18. The Bertz CT molecular complexity index is 276. The average molecular weight is 198 g/mol. The number of hydrogen-bond donors (Lipinski definition) is 0. The second-order valence-electron chi connectivity index (χ2n) is 3.18. The fourth-order valence-corrected chi connectivity index (χ4v) is 1.22. The summed E-state index contributed by atoms with van der Waals surface area (Å²) in [7, 11) is 1.57. The monoisotopic (exact) mass is 198 g/mol. The van der Waals surface area contributed by atoms with Crippen LogP contribution in [-0.4, -0.2) is 20.0 Å². The van der Waals surface area contributed by atoms with E-state index in [1.807, 2.05) is 13.0 Å². The van der Waals surface area contributed by atoms with Crippen molar-refractivity contribution in [2.75, 3.05) is 13.9 Å². The summed E-state index contributed by atoms with van der Waals surface area (Å²) >= 11 is 0. The molecule has 0 unspecified atom stereocenters. The molecule has 0 heterocycles. The van der Waals surface area contributed by atoms with Crippen LogP contribution in [0, 0.1) is 5.82 Å². The summed E-state index contributed by atoms with van der Waals surface area (Å²) in [6, 6.07) is 6.72. The van der Waals surface area contributed by atoms with E-state index in [1.165, 1.54) is 6.07 Å². The highest BCUT2D eigenvalue weighted by Gasteiger charge is 2.06. The summed E-state index contributed by atoms with van der Waals surface area (Å²) in [5, 5.41) is 0. The topological polar surface area (TPSA) is 18.5 Å². The van der Waals surface area contributed by atoms with Crippen LogP contribution in [-0.2, 0) is 15.9 Å². The number of hydrogen-bond acceptors (Lipinski definition) is 2. The molecule has 1 aromatic rings. The van der Waals surface area contributed by atoms with Gasteiger partial charge in [-0.1, -0.05) is 18.2 Å². The predicted molar refractivity (Wildman–Crippen MR) is 52.5 cm³/mol. The summed E-state index contributed by atoms with van der Waals surface area (Å²) in [6.07, 6.45) is 0.530. The van der Waals surface area contributed by atoms with Gasteiger partial charge in [-0.3, -0.25) is 0 Å². The van der Waals surface area contributed by atoms with E-state index < -0.39 is 0 Å². The van der Waals surface area contributed by atoms with E-state index in [1.54, 1.807) is 19.2 Å². The minimum atomic E-state index is -0.180. The Morgan fingerprint density at radius 2 is 2.07 bits per heavy atom. The number of methoxy groups -OCH3 is 1. The van der Waals surface area contributed by atoms with Crippen LogP contribution in [0.1, 0.15) is 12.5 Å². The molecule has 0 spiro atoms. The molecular weight excluding hydrogens is 183 g/mol. The zero-order valence-corrected chi connectivity index (χ0v) is 8.50. The Morgan fingerprint density at radius 1 is 1.36 bits per heavy atom. The van der Waals surface area contributed by atoms with Crippen molar-refractivity contribution in [2.45, 2.75) is 19.4 Å². The van der Waals surface area contributed by atoms with Crippen LogP contribution >= 0.6 is 0 Å². The first-order chi connectivity index (χ1) is 6.74. The molecule has 0 aliphatic heterocycles. The smallest absolute Gasteiger partial charge is 0.146 e. The van der Waals surface area contributed by atoms with E-state index in [0.29, 0.717) is 12.0 Å². The molecule has 0 fully saturated rings. The zero-order chi connectivity index (χ0) is 10.4. The third-order valence-corrected chi connectivity index (χ3v) is 1.94. The van der Waals surface area contributed by atoms with Gasteiger partial charge in [0.1, 0.15) is 12.6 Å². The summed E-state index contributed by atoms with van der Waals surface area (Å²) in [5.74, 6) is -0.180. The number of benzene rings is 1. The molecule has 0 amide bonds.